The second-order valence-corrected chi connectivity index (χ2v) is 6.90. The maximum Gasteiger partial charge on any atom is 0.273 e. The van der Waals surface area contributed by atoms with Crippen LogP contribution < -0.4 is 16.2 Å². The van der Waals surface area contributed by atoms with Crippen LogP contribution in [0.5, 0.6) is 0 Å². The molecular formula is C18H27N3O4. The maximum absolute atomic E-state index is 12.4. The van der Waals surface area contributed by atoms with Crippen LogP contribution in [0.4, 0.5) is 0 Å². The lowest BCUT2D eigenvalue weighted by Crippen LogP contribution is -2.55. The molecule has 1 aliphatic rings. The van der Waals surface area contributed by atoms with Gasteiger partial charge in [-0.1, -0.05) is 33.1 Å². The Morgan fingerprint density at radius 3 is 2.36 bits per heavy atom. The molecule has 138 valence electrons. The molecule has 0 unspecified atom stereocenters. The number of furan rings is 1. The summed E-state index contributed by atoms with van der Waals surface area (Å²) in [6.07, 6.45) is 6.42. The molecule has 7 heteroatoms. The Morgan fingerprint density at radius 2 is 1.80 bits per heavy atom. The number of aryl methyl sites for hydroxylation is 1. The third-order valence-corrected chi connectivity index (χ3v) is 4.63. The number of hydrazine groups is 1. The summed E-state index contributed by atoms with van der Waals surface area (Å²) in [6, 6.07) is 0.835. The molecule has 0 aromatic carbocycles. The Labute approximate surface area is 147 Å². The zero-order chi connectivity index (χ0) is 18.4. The molecule has 1 atom stereocenters. The van der Waals surface area contributed by atoms with Crippen molar-refractivity contribution in [3.8, 4) is 0 Å². The van der Waals surface area contributed by atoms with Crippen LogP contribution in [0.15, 0.2) is 16.7 Å². The van der Waals surface area contributed by atoms with Crippen molar-refractivity contribution in [3.05, 3.63) is 23.7 Å². The molecule has 1 fully saturated rings. The van der Waals surface area contributed by atoms with Gasteiger partial charge in [0.25, 0.3) is 11.8 Å². The topological polar surface area (TPSA) is 100 Å². The monoisotopic (exact) mass is 349 g/mol. The van der Waals surface area contributed by atoms with Gasteiger partial charge in [0, 0.05) is 5.92 Å². The Kier molecular flexibility index (Phi) is 6.61. The first-order chi connectivity index (χ1) is 11.9. The maximum atomic E-state index is 12.4. The molecule has 2 rings (SSSR count). The number of amides is 3. The third-order valence-electron chi connectivity index (χ3n) is 4.63. The summed E-state index contributed by atoms with van der Waals surface area (Å²) in [7, 11) is 0. The lowest BCUT2D eigenvalue weighted by atomic mass is 9.88. The Balaban J connectivity index is 1.90. The summed E-state index contributed by atoms with van der Waals surface area (Å²) in [5, 5.41) is 2.84. The van der Waals surface area contributed by atoms with Crippen molar-refractivity contribution >= 4 is 17.7 Å². The molecule has 1 aromatic rings. The van der Waals surface area contributed by atoms with Gasteiger partial charge in [-0.25, -0.2) is 0 Å². The Morgan fingerprint density at radius 1 is 1.12 bits per heavy atom. The predicted octanol–water partition coefficient (Wildman–Crippen LogP) is 2.07. The number of carbonyl (C=O) groups excluding carboxylic acids is 3. The molecule has 3 amide bonds. The normalized spacial score (nSPS) is 16.3. The van der Waals surface area contributed by atoms with Crippen molar-refractivity contribution in [2.24, 2.45) is 11.8 Å². The van der Waals surface area contributed by atoms with Crippen molar-refractivity contribution < 1.29 is 18.8 Å². The highest BCUT2D eigenvalue weighted by atomic mass is 16.3. The molecule has 1 aromatic heterocycles. The molecular weight excluding hydrogens is 322 g/mol. The van der Waals surface area contributed by atoms with Crippen LogP contribution in [-0.4, -0.2) is 23.8 Å². The average molecular weight is 349 g/mol. The van der Waals surface area contributed by atoms with Gasteiger partial charge in [0.15, 0.2) is 0 Å². The van der Waals surface area contributed by atoms with Gasteiger partial charge in [-0.2, -0.15) is 0 Å². The minimum absolute atomic E-state index is 0.0222. The van der Waals surface area contributed by atoms with E-state index in [-0.39, 0.29) is 17.7 Å². The molecule has 0 bridgehead atoms. The van der Waals surface area contributed by atoms with Crippen molar-refractivity contribution in [2.75, 3.05) is 0 Å². The van der Waals surface area contributed by atoms with Gasteiger partial charge in [0.05, 0.1) is 11.8 Å². The quantitative estimate of drug-likeness (QED) is 0.708. The van der Waals surface area contributed by atoms with Crippen LogP contribution in [0.3, 0.4) is 0 Å². The van der Waals surface area contributed by atoms with Crippen LogP contribution in [0.2, 0.25) is 0 Å². The molecule has 1 aliphatic carbocycles. The summed E-state index contributed by atoms with van der Waals surface area (Å²) >= 11 is 0. The van der Waals surface area contributed by atoms with Crippen LogP contribution in [0, 0.1) is 18.8 Å². The Bertz CT molecular complexity index is 618. The van der Waals surface area contributed by atoms with Gasteiger partial charge in [0.2, 0.25) is 5.91 Å². The number of nitrogens with one attached hydrogen (secondary N) is 3. The van der Waals surface area contributed by atoms with Crippen molar-refractivity contribution in [2.45, 2.75) is 58.9 Å². The van der Waals surface area contributed by atoms with Crippen LogP contribution in [0.25, 0.3) is 0 Å². The highest BCUT2D eigenvalue weighted by Gasteiger charge is 2.29. The molecule has 0 radical (unpaired) electrons. The molecule has 25 heavy (non-hydrogen) atoms. The molecule has 3 N–H and O–H groups in total. The molecule has 7 nitrogen and oxygen atoms in total. The SMILES string of the molecule is Cc1occc1C(=O)NNC(=O)[C@H](NC(=O)C1CCCCC1)C(C)C. The van der Waals surface area contributed by atoms with Gasteiger partial charge in [-0.15, -0.1) is 0 Å². The van der Waals surface area contributed by atoms with E-state index in [0.717, 1.165) is 32.1 Å². The van der Waals surface area contributed by atoms with E-state index in [1.807, 2.05) is 13.8 Å². The molecule has 1 saturated carbocycles. The molecule has 0 saturated heterocycles. The lowest BCUT2D eigenvalue weighted by Gasteiger charge is -2.26. The van der Waals surface area contributed by atoms with Crippen molar-refractivity contribution in [3.63, 3.8) is 0 Å². The summed E-state index contributed by atoms with van der Waals surface area (Å²) in [5.41, 5.74) is 5.11. The summed E-state index contributed by atoms with van der Waals surface area (Å²) in [6.45, 7) is 5.37. The molecule has 1 heterocycles. The Hall–Kier alpha value is -2.31. The minimum atomic E-state index is -0.694. The van der Waals surface area contributed by atoms with E-state index < -0.39 is 17.9 Å². The fourth-order valence-electron chi connectivity index (χ4n) is 3.05. The standard InChI is InChI=1S/C18H27N3O4/c1-11(2)15(19-16(22)13-7-5-4-6-8-13)18(24)21-20-17(23)14-9-10-25-12(14)3/h9-11,13,15H,4-8H2,1-3H3,(H,19,22)(H,20,23)(H,21,24)/t15-/m1/s1. The van der Waals surface area contributed by atoms with Gasteiger partial charge >= 0.3 is 0 Å². The highest BCUT2D eigenvalue weighted by Crippen LogP contribution is 2.24. The molecule has 0 spiro atoms. The van der Waals surface area contributed by atoms with Crippen LogP contribution >= 0.6 is 0 Å². The summed E-state index contributed by atoms with van der Waals surface area (Å²) < 4.78 is 5.07. The van der Waals surface area contributed by atoms with Gasteiger partial charge in [0.1, 0.15) is 11.8 Å². The number of hydrogen-bond acceptors (Lipinski definition) is 4. The third kappa shape index (κ3) is 5.08. The lowest BCUT2D eigenvalue weighted by molar-refractivity contribution is -0.133. The smallest absolute Gasteiger partial charge is 0.273 e. The fourth-order valence-corrected chi connectivity index (χ4v) is 3.05. The molecule has 0 aliphatic heterocycles. The minimum Gasteiger partial charge on any atom is -0.469 e. The van der Waals surface area contributed by atoms with Gasteiger partial charge in [-0.05, 0) is 31.7 Å². The van der Waals surface area contributed by atoms with E-state index >= 15 is 0 Å². The summed E-state index contributed by atoms with van der Waals surface area (Å²) in [4.78, 5) is 36.8. The van der Waals surface area contributed by atoms with Gasteiger partial charge < -0.3 is 9.73 Å². The van der Waals surface area contributed by atoms with E-state index in [1.165, 1.54) is 12.3 Å². The predicted molar refractivity (Wildman–Crippen MR) is 92.4 cm³/mol. The van der Waals surface area contributed by atoms with Crippen molar-refractivity contribution in [1.29, 1.82) is 0 Å². The highest BCUT2D eigenvalue weighted by molar-refractivity contribution is 5.97. The zero-order valence-electron chi connectivity index (χ0n) is 15.1. The second kappa shape index (κ2) is 8.69. The largest absolute Gasteiger partial charge is 0.469 e. The first-order valence-electron chi connectivity index (χ1n) is 8.84. The van der Waals surface area contributed by atoms with Crippen LogP contribution in [0.1, 0.15) is 62.1 Å². The van der Waals surface area contributed by atoms with E-state index in [4.69, 9.17) is 4.42 Å². The first-order valence-corrected chi connectivity index (χ1v) is 8.84. The number of hydrogen-bond donors (Lipinski definition) is 3. The second-order valence-electron chi connectivity index (χ2n) is 6.90. The van der Waals surface area contributed by atoms with Crippen LogP contribution in [-0.2, 0) is 9.59 Å². The van der Waals surface area contributed by atoms with E-state index in [1.54, 1.807) is 6.92 Å². The first kappa shape index (κ1) is 19.0. The van der Waals surface area contributed by atoms with Crippen molar-refractivity contribution in [1.82, 2.24) is 16.2 Å². The fraction of sp³-hybridized carbons (Fsp3) is 0.611. The average Bonchev–Trinajstić information content (AvgIpc) is 3.03. The number of rotatable bonds is 5. The van der Waals surface area contributed by atoms with E-state index in [9.17, 15) is 14.4 Å². The van der Waals surface area contributed by atoms with Gasteiger partial charge in [-0.3, -0.25) is 25.2 Å². The number of carbonyl (C=O) groups is 3. The summed E-state index contributed by atoms with van der Waals surface area (Å²) in [5.74, 6) is -0.622. The van der Waals surface area contributed by atoms with E-state index in [0.29, 0.717) is 11.3 Å². The zero-order valence-corrected chi connectivity index (χ0v) is 15.1. The van der Waals surface area contributed by atoms with E-state index in [2.05, 4.69) is 16.2 Å².